The molecule has 0 aliphatic carbocycles. The highest BCUT2D eigenvalue weighted by Crippen LogP contribution is 2.26. The van der Waals surface area contributed by atoms with Crippen LogP contribution in [0.3, 0.4) is 0 Å². The fourth-order valence-corrected chi connectivity index (χ4v) is 3.17. The molecule has 114 valence electrons. The molecule has 0 saturated heterocycles. The number of halogens is 1. The summed E-state index contributed by atoms with van der Waals surface area (Å²) in [6, 6.07) is 5.08. The number of anilines is 1. The Labute approximate surface area is 127 Å². The molecule has 0 spiro atoms. The van der Waals surface area contributed by atoms with Crippen molar-refractivity contribution in [1.29, 1.82) is 0 Å². The highest BCUT2D eigenvalue weighted by molar-refractivity contribution is 7.89. The molecular formula is C12H15ClN4O3S. The van der Waals surface area contributed by atoms with Crippen LogP contribution >= 0.6 is 11.6 Å². The molecular weight excluding hydrogens is 316 g/mol. The standard InChI is InChI=1S/C12H15ClN4O3S/c1-17-7-11(12(14)16-17)21(18,19)15-6-8-9(13)4-3-5-10(8)20-2/h3-5,7,15H,6H2,1-2H3,(H2,14,16). The molecule has 3 N–H and O–H groups in total. The number of hydrogen-bond acceptors (Lipinski definition) is 5. The van der Waals surface area contributed by atoms with Crippen LogP contribution in [0.15, 0.2) is 29.3 Å². The van der Waals surface area contributed by atoms with Crippen molar-refractivity contribution in [3.63, 3.8) is 0 Å². The minimum Gasteiger partial charge on any atom is -0.496 e. The highest BCUT2D eigenvalue weighted by Gasteiger charge is 2.21. The summed E-state index contributed by atoms with van der Waals surface area (Å²) in [6.45, 7) is -0.0144. The normalized spacial score (nSPS) is 11.6. The molecule has 0 aliphatic rings. The summed E-state index contributed by atoms with van der Waals surface area (Å²) < 4.78 is 33.4. The van der Waals surface area contributed by atoms with Gasteiger partial charge in [-0.3, -0.25) is 4.68 Å². The Bertz CT molecular complexity index is 758. The van der Waals surface area contributed by atoms with Crippen molar-refractivity contribution in [3.8, 4) is 5.75 Å². The Balaban J connectivity index is 2.26. The molecule has 7 nitrogen and oxygen atoms in total. The lowest BCUT2D eigenvalue weighted by atomic mass is 10.2. The number of sulfonamides is 1. The van der Waals surface area contributed by atoms with Gasteiger partial charge in [0.25, 0.3) is 0 Å². The second-order valence-corrected chi connectivity index (χ2v) is 6.44. The van der Waals surface area contributed by atoms with Crippen LogP contribution in [0.4, 0.5) is 5.82 Å². The lowest BCUT2D eigenvalue weighted by molar-refractivity contribution is 0.409. The zero-order valence-corrected chi connectivity index (χ0v) is 13.1. The van der Waals surface area contributed by atoms with Gasteiger partial charge in [0.15, 0.2) is 5.82 Å². The van der Waals surface area contributed by atoms with Gasteiger partial charge in [-0.2, -0.15) is 5.10 Å². The first kappa shape index (κ1) is 15.6. The molecule has 0 radical (unpaired) electrons. The number of rotatable bonds is 5. The van der Waals surface area contributed by atoms with Gasteiger partial charge in [0, 0.05) is 30.4 Å². The van der Waals surface area contributed by atoms with E-state index in [4.69, 9.17) is 22.1 Å². The van der Waals surface area contributed by atoms with Crippen molar-refractivity contribution in [2.75, 3.05) is 12.8 Å². The van der Waals surface area contributed by atoms with Crippen molar-refractivity contribution in [2.24, 2.45) is 7.05 Å². The molecule has 9 heteroatoms. The number of nitrogens with two attached hydrogens (primary N) is 1. The maximum absolute atomic E-state index is 12.2. The maximum atomic E-state index is 12.2. The van der Waals surface area contributed by atoms with E-state index in [1.54, 1.807) is 25.2 Å². The van der Waals surface area contributed by atoms with Gasteiger partial charge >= 0.3 is 0 Å². The maximum Gasteiger partial charge on any atom is 0.246 e. The van der Waals surface area contributed by atoms with Crippen molar-refractivity contribution < 1.29 is 13.2 Å². The van der Waals surface area contributed by atoms with Gasteiger partial charge in [0.1, 0.15) is 10.6 Å². The van der Waals surface area contributed by atoms with Gasteiger partial charge in [-0.15, -0.1) is 0 Å². The first-order valence-electron chi connectivity index (χ1n) is 5.95. The Morgan fingerprint density at radius 3 is 2.76 bits per heavy atom. The molecule has 1 aromatic heterocycles. The average Bonchev–Trinajstić information content (AvgIpc) is 2.77. The summed E-state index contributed by atoms with van der Waals surface area (Å²) in [5.74, 6) is 0.445. The number of hydrogen-bond donors (Lipinski definition) is 2. The Morgan fingerprint density at radius 2 is 2.19 bits per heavy atom. The number of nitrogens with zero attached hydrogens (tertiary/aromatic N) is 2. The average molecular weight is 331 g/mol. The van der Waals surface area contributed by atoms with Crippen LogP contribution in [-0.4, -0.2) is 25.3 Å². The van der Waals surface area contributed by atoms with Gasteiger partial charge in [-0.05, 0) is 12.1 Å². The molecule has 0 aliphatic heterocycles. The van der Waals surface area contributed by atoms with Gasteiger partial charge in [0.2, 0.25) is 10.0 Å². The lowest BCUT2D eigenvalue weighted by Crippen LogP contribution is -2.24. The van der Waals surface area contributed by atoms with E-state index in [0.717, 1.165) is 0 Å². The van der Waals surface area contributed by atoms with Crippen LogP contribution in [0.2, 0.25) is 5.02 Å². The Morgan fingerprint density at radius 1 is 1.48 bits per heavy atom. The molecule has 1 aromatic carbocycles. The van der Waals surface area contributed by atoms with E-state index in [-0.39, 0.29) is 17.3 Å². The number of nitrogen functional groups attached to an aromatic ring is 1. The molecule has 0 atom stereocenters. The number of ether oxygens (including phenoxy) is 1. The van der Waals surface area contributed by atoms with Crippen LogP contribution in [0.25, 0.3) is 0 Å². The van der Waals surface area contributed by atoms with E-state index in [0.29, 0.717) is 16.3 Å². The van der Waals surface area contributed by atoms with E-state index in [2.05, 4.69) is 9.82 Å². The van der Waals surface area contributed by atoms with Crippen LogP contribution < -0.4 is 15.2 Å². The molecule has 1 heterocycles. The largest absolute Gasteiger partial charge is 0.496 e. The molecule has 0 unspecified atom stereocenters. The molecule has 2 rings (SSSR count). The van der Waals surface area contributed by atoms with E-state index in [9.17, 15) is 8.42 Å². The van der Waals surface area contributed by atoms with E-state index in [1.807, 2.05) is 0 Å². The number of methoxy groups -OCH3 is 1. The molecule has 0 bridgehead atoms. The summed E-state index contributed by atoms with van der Waals surface area (Å²) in [5.41, 5.74) is 6.13. The second-order valence-electron chi connectivity index (χ2n) is 4.30. The number of benzene rings is 1. The van der Waals surface area contributed by atoms with E-state index < -0.39 is 10.0 Å². The quantitative estimate of drug-likeness (QED) is 0.856. The van der Waals surface area contributed by atoms with Crippen molar-refractivity contribution in [2.45, 2.75) is 11.4 Å². The van der Waals surface area contributed by atoms with Crippen LogP contribution in [-0.2, 0) is 23.6 Å². The molecule has 21 heavy (non-hydrogen) atoms. The smallest absolute Gasteiger partial charge is 0.246 e. The third kappa shape index (κ3) is 3.29. The molecule has 0 amide bonds. The SMILES string of the molecule is COc1cccc(Cl)c1CNS(=O)(=O)c1cn(C)nc1N. The first-order chi connectivity index (χ1) is 9.85. The zero-order chi connectivity index (χ0) is 15.6. The summed E-state index contributed by atoms with van der Waals surface area (Å²) in [4.78, 5) is -0.0731. The third-order valence-electron chi connectivity index (χ3n) is 2.85. The van der Waals surface area contributed by atoms with Gasteiger partial charge < -0.3 is 10.5 Å². The Kier molecular flexibility index (Phi) is 4.40. The molecule has 0 fully saturated rings. The van der Waals surface area contributed by atoms with Crippen molar-refractivity contribution >= 4 is 27.4 Å². The predicted molar refractivity (Wildman–Crippen MR) is 79.6 cm³/mol. The highest BCUT2D eigenvalue weighted by atomic mass is 35.5. The van der Waals surface area contributed by atoms with Crippen molar-refractivity contribution in [3.05, 3.63) is 35.0 Å². The lowest BCUT2D eigenvalue weighted by Gasteiger charge is -2.11. The number of nitrogens with one attached hydrogen (secondary N) is 1. The molecule has 0 saturated carbocycles. The minimum atomic E-state index is -3.78. The van der Waals surface area contributed by atoms with E-state index in [1.165, 1.54) is 18.0 Å². The van der Waals surface area contributed by atoms with Crippen LogP contribution in [0, 0.1) is 0 Å². The summed E-state index contributed by atoms with van der Waals surface area (Å²) >= 11 is 6.06. The predicted octanol–water partition coefficient (Wildman–Crippen LogP) is 1.14. The first-order valence-corrected chi connectivity index (χ1v) is 7.81. The molecule has 2 aromatic rings. The van der Waals surface area contributed by atoms with Gasteiger partial charge in [-0.1, -0.05) is 17.7 Å². The topological polar surface area (TPSA) is 99.2 Å². The second kappa shape index (κ2) is 5.92. The van der Waals surface area contributed by atoms with Crippen LogP contribution in [0.1, 0.15) is 5.56 Å². The monoisotopic (exact) mass is 330 g/mol. The third-order valence-corrected chi connectivity index (χ3v) is 4.62. The van der Waals surface area contributed by atoms with Gasteiger partial charge in [0.05, 0.1) is 7.11 Å². The fourth-order valence-electron chi connectivity index (χ4n) is 1.84. The van der Waals surface area contributed by atoms with Gasteiger partial charge in [-0.25, -0.2) is 13.1 Å². The Hall–Kier alpha value is -1.77. The van der Waals surface area contributed by atoms with Crippen LogP contribution in [0.5, 0.6) is 5.75 Å². The number of aryl methyl sites for hydroxylation is 1. The summed E-state index contributed by atoms with van der Waals surface area (Å²) in [5, 5.41) is 4.22. The minimum absolute atomic E-state index is 0.0144. The summed E-state index contributed by atoms with van der Waals surface area (Å²) in [6.07, 6.45) is 1.33. The summed E-state index contributed by atoms with van der Waals surface area (Å²) in [7, 11) is -0.704. The number of aromatic nitrogens is 2. The fraction of sp³-hybridized carbons (Fsp3) is 0.250. The zero-order valence-electron chi connectivity index (χ0n) is 11.5. The van der Waals surface area contributed by atoms with E-state index >= 15 is 0 Å². The van der Waals surface area contributed by atoms with Crippen molar-refractivity contribution in [1.82, 2.24) is 14.5 Å².